The van der Waals surface area contributed by atoms with E-state index in [0.29, 0.717) is 18.7 Å². The van der Waals surface area contributed by atoms with Gasteiger partial charge in [0.1, 0.15) is 11.6 Å². The van der Waals surface area contributed by atoms with Crippen molar-refractivity contribution in [3.63, 3.8) is 0 Å². The van der Waals surface area contributed by atoms with Crippen molar-refractivity contribution in [2.75, 3.05) is 19.0 Å². The number of carbonyl (C=O) groups excluding carboxylic acids is 2. The number of hydrogen-bond donors (Lipinski definition) is 5. The highest BCUT2D eigenvalue weighted by Crippen LogP contribution is 2.40. The van der Waals surface area contributed by atoms with Crippen molar-refractivity contribution in [2.24, 2.45) is 16.8 Å². The van der Waals surface area contributed by atoms with Crippen LogP contribution in [-0.2, 0) is 19.1 Å². The third-order valence-electron chi connectivity index (χ3n) is 6.28. The number of esters is 1. The number of carboxylic acids is 2. The van der Waals surface area contributed by atoms with Crippen molar-refractivity contribution in [3.8, 4) is 0 Å². The van der Waals surface area contributed by atoms with Gasteiger partial charge >= 0.3 is 17.9 Å². The predicted molar refractivity (Wildman–Crippen MR) is 129 cm³/mol. The quantitative estimate of drug-likeness (QED) is 0.302. The molecule has 1 fully saturated rings. The molecule has 1 aromatic rings. The zero-order valence-electron chi connectivity index (χ0n) is 19.5. The van der Waals surface area contributed by atoms with E-state index in [-0.39, 0.29) is 28.4 Å². The number of carboxylic acid groups (broad SMARTS) is 2. The maximum Gasteiger partial charge on any atom is 0.350 e. The number of thioether (sulfide) groups is 1. The molecule has 0 spiro atoms. The lowest BCUT2D eigenvalue weighted by Gasteiger charge is -2.28. The molecule has 7 atom stereocenters. The van der Waals surface area contributed by atoms with E-state index in [2.05, 4.69) is 15.6 Å². The van der Waals surface area contributed by atoms with Crippen molar-refractivity contribution in [3.05, 3.63) is 29.8 Å². The summed E-state index contributed by atoms with van der Waals surface area (Å²) in [6.45, 7) is 3.69. The van der Waals surface area contributed by atoms with Crippen molar-refractivity contribution >= 4 is 47.0 Å². The first-order valence-corrected chi connectivity index (χ1v) is 12.1. The summed E-state index contributed by atoms with van der Waals surface area (Å²) < 4.78 is 4.80. The lowest BCUT2D eigenvalue weighted by atomic mass is 9.86. The van der Waals surface area contributed by atoms with Crippen LogP contribution in [-0.4, -0.2) is 87.2 Å². The van der Waals surface area contributed by atoms with Gasteiger partial charge in [-0.3, -0.25) is 14.6 Å². The number of hydrogen-bond acceptors (Lipinski definition) is 9. The minimum atomic E-state index is -1.19. The van der Waals surface area contributed by atoms with E-state index in [1.165, 1.54) is 37.9 Å². The van der Waals surface area contributed by atoms with E-state index in [0.717, 1.165) is 0 Å². The first kappa shape index (κ1) is 26.6. The highest BCUT2D eigenvalue weighted by molar-refractivity contribution is 8.01. The summed E-state index contributed by atoms with van der Waals surface area (Å²) in [7, 11) is 1.21. The zero-order chi connectivity index (χ0) is 25.9. The van der Waals surface area contributed by atoms with E-state index < -0.39 is 47.3 Å². The van der Waals surface area contributed by atoms with Gasteiger partial charge in [-0.25, -0.2) is 9.59 Å². The van der Waals surface area contributed by atoms with Gasteiger partial charge < -0.3 is 30.7 Å². The lowest BCUT2D eigenvalue weighted by Crippen LogP contribution is -2.40. The molecule has 2 heterocycles. The molecular formula is C23H29N3O8S. The molecule has 1 amide bonds. The molecule has 0 saturated carbocycles. The molecule has 5 N–H and O–H groups in total. The van der Waals surface area contributed by atoms with Gasteiger partial charge in [0.25, 0.3) is 0 Å². The van der Waals surface area contributed by atoms with Gasteiger partial charge in [0.15, 0.2) is 0 Å². The van der Waals surface area contributed by atoms with Crippen molar-refractivity contribution in [1.82, 2.24) is 5.32 Å². The van der Waals surface area contributed by atoms with Crippen LogP contribution < -0.4 is 10.6 Å². The highest BCUT2D eigenvalue weighted by Gasteiger charge is 2.48. The predicted octanol–water partition coefficient (Wildman–Crippen LogP) is 0.870. The fourth-order valence-electron chi connectivity index (χ4n) is 4.48. The van der Waals surface area contributed by atoms with Gasteiger partial charge in [-0.1, -0.05) is 13.0 Å². The van der Waals surface area contributed by atoms with Crippen molar-refractivity contribution in [2.45, 2.75) is 49.0 Å². The molecule has 1 saturated heterocycles. The second-order valence-electron chi connectivity index (χ2n) is 8.71. The monoisotopic (exact) mass is 507 g/mol. The van der Waals surface area contributed by atoms with Crippen LogP contribution in [0.2, 0.25) is 0 Å². The topological polar surface area (TPSA) is 175 Å². The number of amides is 1. The van der Waals surface area contributed by atoms with Gasteiger partial charge in [0.2, 0.25) is 5.91 Å². The number of nitrogens with one attached hydrogen (secondary N) is 2. The normalized spacial score (nSPS) is 27.5. The molecular weight excluding hydrogens is 478 g/mol. The Morgan fingerprint density at radius 2 is 1.94 bits per heavy atom. The Kier molecular flexibility index (Phi) is 8.51. The summed E-state index contributed by atoms with van der Waals surface area (Å²) in [5.74, 6) is -4.61. The average molecular weight is 508 g/mol. The number of benzene rings is 1. The Labute approximate surface area is 206 Å². The largest absolute Gasteiger partial charge is 0.478 e. The third-order valence-corrected chi connectivity index (χ3v) is 7.97. The minimum absolute atomic E-state index is 0.0586. The van der Waals surface area contributed by atoms with Gasteiger partial charge in [0.05, 0.1) is 36.1 Å². The van der Waals surface area contributed by atoms with Crippen LogP contribution in [0, 0.1) is 11.8 Å². The number of methoxy groups -OCH3 is 1. The summed E-state index contributed by atoms with van der Waals surface area (Å²) in [5, 5.41) is 34.2. The summed E-state index contributed by atoms with van der Waals surface area (Å²) >= 11 is 1.38. The molecule has 0 bridgehead atoms. The molecule has 0 aromatic heterocycles. The van der Waals surface area contributed by atoms with E-state index in [1.54, 1.807) is 19.1 Å². The Morgan fingerprint density at radius 3 is 2.54 bits per heavy atom. The van der Waals surface area contributed by atoms with Crippen molar-refractivity contribution < 1.29 is 39.2 Å². The SMILES string of the molecule is COC(=O)C([C@@H](C)O)[C@@H]1N=C(C(=O)O)[C@@H](S[C@@H]2CN[C@H](C(=O)Nc3cccc(C(=O)O)c3)C2)[C@@H]1C. The van der Waals surface area contributed by atoms with E-state index >= 15 is 0 Å². The Hall–Kier alpha value is -2.96. The molecule has 0 aliphatic carbocycles. The molecule has 2 aliphatic heterocycles. The first-order chi connectivity index (χ1) is 16.5. The smallest absolute Gasteiger partial charge is 0.350 e. The third kappa shape index (κ3) is 6.00. The number of nitrogens with zero attached hydrogens (tertiary/aromatic N) is 1. The number of aliphatic hydroxyl groups excluding tert-OH is 1. The maximum atomic E-state index is 12.7. The number of rotatable bonds is 9. The minimum Gasteiger partial charge on any atom is -0.478 e. The number of aromatic carboxylic acids is 1. The number of ether oxygens (including phenoxy) is 1. The summed E-state index contributed by atoms with van der Waals surface area (Å²) in [4.78, 5) is 52.3. The Bertz CT molecular complexity index is 1030. The molecule has 1 aromatic carbocycles. The van der Waals surface area contributed by atoms with Crippen LogP contribution in [0.4, 0.5) is 5.69 Å². The molecule has 11 nitrogen and oxygen atoms in total. The van der Waals surface area contributed by atoms with Gasteiger partial charge in [-0.2, -0.15) is 0 Å². The lowest BCUT2D eigenvalue weighted by molar-refractivity contribution is -0.150. The first-order valence-electron chi connectivity index (χ1n) is 11.1. The van der Waals surface area contributed by atoms with Crippen molar-refractivity contribution in [1.29, 1.82) is 0 Å². The number of aliphatic imine (C=N–C) groups is 1. The second-order valence-corrected chi connectivity index (χ2v) is 10.2. The number of anilines is 1. The van der Waals surface area contributed by atoms with Crippen LogP contribution in [0.25, 0.3) is 0 Å². The molecule has 2 aliphatic rings. The molecule has 190 valence electrons. The molecule has 0 radical (unpaired) electrons. The Balaban J connectivity index is 1.67. The van der Waals surface area contributed by atoms with Crippen LogP contribution in [0.1, 0.15) is 30.6 Å². The average Bonchev–Trinajstić information content (AvgIpc) is 3.40. The highest BCUT2D eigenvalue weighted by atomic mass is 32.2. The summed E-state index contributed by atoms with van der Waals surface area (Å²) in [5.41, 5.74) is 0.358. The van der Waals surface area contributed by atoms with Crippen LogP contribution in [0.3, 0.4) is 0 Å². The second kappa shape index (κ2) is 11.2. The fraction of sp³-hybridized carbons (Fsp3) is 0.522. The molecule has 3 rings (SSSR count). The maximum absolute atomic E-state index is 12.7. The van der Waals surface area contributed by atoms with Gasteiger partial charge in [-0.05, 0) is 37.5 Å². The van der Waals surface area contributed by atoms with E-state index in [9.17, 15) is 29.4 Å². The van der Waals surface area contributed by atoms with Gasteiger partial charge in [0, 0.05) is 17.5 Å². The number of aliphatic hydroxyl groups is 1. The van der Waals surface area contributed by atoms with Gasteiger partial charge in [-0.15, -0.1) is 11.8 Å². The fourth-order valence-corrected chi connectivity index (χ4v) is 6.09. The Morgan fingerprint density at radius 1 is 1.23 bits per heavy atom. The molecule has 35 heavy (non-hydrogen) atoms. The number of aliphatic carboxylic acids is 1. The standard InChI is InChI=1S/C23H29N3O8S/c1-10-17(16(11(2)27)23(33)34-3)26-18(22(31)32)19(10)35-14-8-15(24-9-14)20(28)25-13-6-4-5-12(7-13)21(29)30/h4-7,10-11,14-17,19,24,27H,8-9H2,1-3H3,(H,25,28)(H,29,30)(H,31,32)/t10-,11-,14+,15+,16?,17-,19+/m1/s1. The van der Waals surface area contributed by atoms with Crippen LogP contribution >= 0.6 is 11.8 Å². The number of carbonyl (C=O) groups is 4. The summed E-state index contributed by atoms with van der Waals surface area (Å²) in [6, 6.07) is 4.65. The summed E-state index contributed by atoms with van der Waals surface area (Å²) in [6.07, 6.45) is -0.648. The molecule has 1 unspecified atom stereocenters. The van der Waals surface area contributed by atoms with Crippen LogP contribution in [0.15, 0.2) is 29.3 Å². The van der Waals surface area contributed by atoms with E-state index in [4.69, 9.17) is 9.84 Å². The van der Waals surface area contributed by atoms with E-state index in [1.807, 2.05) is 0 Å². The van der Waals surface area contributed by atoms with Crippen LogP contribution in [0.5, 0.6) is 0 Å². The zero-order valence-corrected chi connectivity index (χ0v) is 20.3. The molecule has 12 heteroatoms.